The second kappa shape index (κ2) is 7.21. The van der Waals surface area contributed by atoms with E-state index < -0.39 is 17.7 Å². The van der Waals surface area contributed by atoms with Crippen LogP contribution in [0, 0.1) is 0 Å². The molecule has 1 N–H and O–H groups in total. The fraction of sp³-hybridized carbons (Fsp3) is 0.556. The molecule has 0 saturated carbocycles. The maximum Gasteiger partial charge on any atom is 0.434 e. The lowest BCUT2D eigenvalue weighted by atomic mass is 9.87. The number of rotatable bonds is 4. The first-order valence-corrected chi connectivity index (χ1v) is 8.17. The van der Waals surface area contributed by atoms with Crippen LogP contribution in [-0.4, -0.2) is 27.8 Å². The highest BCUT2D eigenvalue weighted by molar-refractivity contribution is 5.68. The van der Waals surface area contributed by atoms with Crippen LogP contribution < -0.4 is 0 Å². The third-order valence-electron chi connectivity index (χ3n) is 3.94. The summed E-state index contributed by atoms with van der Waals surface area (Å²) in [5.74, 6) is -0.874. The smallest absolute Gasteiger partial charge is 0.434 e. The molecule has 1 aliphatic rings. The van der Waals surface area contributed by atoms with E-state index in [9.17, 15) is 9.59 Å². The number of carbonyl (C=O) groups is 2. The second-order valence-corrected chi connectivity index (χ2v) is 6.98. The molecule has 132 valence electrons. The third kappa shape index (κ3) is 4.47. The van der Waals surface area contributed by atoms with Gasteiger partial charge in [-0.25, -0.2) is 4.79 Å². The molecular weight excluding hydrogens is 310 g/mol. The van der Waals surface area contributed by atoms with Gasteiger partial charge in [-0.1, -0.05) is 25.1 Å². The molecule has 1 aromatic carbocycles. The minimum atomic E-state index is -0.813. The van der Waals surface area contributed by atoms with Crippen molar-refractivity contribution < 1.29 is 24.3 Å². The molecule has 0 radical (unpaired) electrons. The first-order chi connectivity index (χ1) is 11.2. The number of benzene rings is 1. The van der Waals surface area contributed by atoms with Gasteiger partial charge in [-0.2, -0.15) is 5.06 Å². The van der Waals surface area contributed by atoms with E-state index in [2.05, 4.69) is 0 Å². The van der Waals surface area contributed by atoms with E-state index in [0.29, 0.717) is 6.54 Å². The number of fused-ring (bicyclic) bond motifs is 1. The van der Waals surface area contributed by atoms with Crippen LogP contribution in [0.2, 0.25) is 0 Å². The molecule has 0 aromatic heterocycles. The molecule has 1 atom stereocenters. The summed E-state index contributed by atoms with van der Waals surface area (Å²) < 4.78 is 5.33. The summed E-state index contributed by atoms with van der Waals surface area (Å²) in [6, 6.07) is 5.78. The van der Waals surface area contributed by atoms with Gasteiger partial charge in [0.1, 0.15) is 12.2 Å². The Morgan fingerprint density at radius 3 is 2.67 bits per heavy atom. The Balaban J connectivity index is 2.20. The summed E-state index contributed by atoms with van der Waals surface area (Å²) >= 11 is 0. The molecule has 2 rings (SSSR count). The van der Waals surface area contributed by atoms with Gasteiger partial charge in [-0.3, -0.25) is 9.63 Å². The Morgan fingerprint density at radius 2 is 2.08 bits per heavy atom. The molecule has 1 aliphatic heterocycles. The van der Waals surface area contributed by atoms with Crippen LogP contribution in [0.15, 0.2) is 18.2 Å². The second-order valence-electron chi connectivity index (χ2n) is 6.98. The number of carboxylic acids is 1. The Bertz CT molecular complexity index is 620. The molecule has 6 heteroatoms. The average molecular weight is 335 g/mol. The maximum absolute atomic E-state index is 12.1. The van der Waals surface area contributed by atoms with Crippen molar-refractivity contribution in [2.45, 2.75) is 65.2 Å². The molecule has 0 fully saturated rings. The van der Waals surface area contributed by atoms with Gasteiger partial charge in [-0.15, -0.1) is 0 Å². The van der Waals surface area contributed by atoms with E-state index >= 15 is 0 Å². The Hall–Kier alpha value is -2.08. The first kappa shape index (κ1) is 18.3. The summed E-state index contributed by atoms with van der Waals surface area (Å²) in [6.07, 6.45) is 0.303. The fourth-order valence-electron chi connectivity index (χ4n) is 2.82. The van der Waals surface area contributed by atoms with Crippen LogP contribution in [0.25, 0.3) is 0 Å². The zero-order valence-electron chi connectivity index (χ0n) is 14.7. The number of hydrogen-bond donors (Lipinski definition) is 1. The van der Waals surface area contributed by atoms with Gasteiger partial charge in [0.05, 0.1) is 13.0 Å². The highest BCUT2D eigenvalue weighted by Gasteiger charge is 2.29. The molecule has 0 saturated heterocycles. The van der Waals surface area contributed by atoms with E-state index in [-0.39, 0.29) is 18.9 Å². The zero-order chi connectivity index (χ0) is 17.9. The largest absolute Gasteiger partial charge is 0.481 e. The van der Waals surface area contributed by atoms with E-state index in [0.717, 1.165) is 23.1 Å². The van der Waals surface area contributed by atoms with Crippen LogP contribution in [0.5, 0.6) is 0 Å². The molecule has 0 bridgehead atoms. The lowest BCUT2D eigenvalue weighted by Crippen LogP contribution is -2.38. The molecule has 1 heterocycles. The van der Waals surface area contributed by atoms with Crippen molar-refractivity contribution in [3.8, 4) is 0 Å². The Kier molecular flexibility index (Phi) is 5.49. The minimum Gasteiger partial charge on any atom is -0.481 e. The van der Waals surface area contributed by atoms with Crippen molar-refractivity contribution in [2.75, 3.05) is 0 Å². The van der Waals surface area contributed by atoms with Crippen LogP contribution in [0.4, 0.5) is 4.79 Å². The summed E-state index contributed by atoms with van der Waals surface area (Å²) in [5, 5.41) is 10.3. The minimum absolute atomic E-state index is 0.0610. The number of aliphatic carboxylic acids is 1. The zero-order valence-corrected chi connectivity index (χ0v) is 14.7. The van der Waals surface area contributed by atoms with Gasteiger partial charge in [0, 0.05) is 0 Å². The number of hydrogen-bond acceptors (Lipinski definition) is 4. The lowest BCUT2D eigenvalue weighted by Gasteiger charge is -2.32. The average Bonchev–Trinajstić information content (AvgIpc) is 2.49. The highest BCUT2D eigenvalue weighted by Crippen LogP contribution is 2.32. The van der Waals surface area contributed by atoms with Crippen molar-refractivity contribution in [1.82, 2.24) is 5.06 Å². The van der Waals surface area contributed by atoms with Crippen LogP contribution in [0.3, 0.4) is 0 Å². The number of hydroxylamine groups is 2. The summed E-state index contributed by atoms with van der Waals surface area (Å²) in [6.45, 7) is 7.92. The predicted octanol–water partition coefficient (Wildman–Crippen LogP) is 3.84. The van der Waals surface area contributed by atoms with Gasteiger partial charge < -0.3 is 9.84 Å². The molecule has 0 spiro atoms. The van der Waals surface area contributed by atoms with Gasteiger partial charge in [0.25, 0.3) is 0 Å². The summed E-state index contributed by atoms with van der Waals surface area (Å²) in [7, 11) is 0. The van der Waals surface area contributed by atoms with Crippen molar-refractivity contribution >= 4 is 12.1 Å². The molecular formula is C18H25NO5. The van der Waals surface area contributed by atoms with Crippen molar-refractivity contribution in [1.29, 1.82) is 0 Å². The predicted molar refractivity (Wildman–Crippen MR) is 88.3 cm³/mol. The maximum atomic E-state index is 12.1. The Labute approximate surface area is 142 Å². The van der Waals surface area contributed by atoms with Crippen molar-refractivity contribution in [3.05, 3.63) is 34.9 Å². The van der Waals surface area contributed by atoms with Crippen molar-refractivity contribution in [2.24, 2.45) is 0 Å². The highest BCUT2D eigenvalue weighted by atomic mass is 16.7. The topological polar surface area (TPSA) is 76.1 Å². The number of amides is 1. The molecule has 1 amide bonds. The van der Waals surface area contributed by atoms with E-state index in [1.807, 2.05) is 25.1 Å². The number of ether oxygens (including phenoxy) is 1. The molecule has 24 heavy (non-hydrogen) atoms. The summed E-state index contributed by atoms with van der Waals surface area (Å²) in [4.78, 5) is 28.8. The SMILES string of the molecule is CCC(CC(=O)O)c1cccc2c1CON(C(=O)OC(C)(C)C)C2. The van der Waals surface area contributed by atoms with Gasteiger partial charge >= 0.3 is 12.1 Å². The van der Waals surface area contributed by atoms with Crippen LogP contribution in [0.1, 0.15) is 63.1 Å². The molecule has 1 aromatic rings. The quantitative estimate of drug-likeness (QED) is 0.905. The number of carbonyl (C=O) groups excluding carboxylic acids is 1. The fourth-order valence-corrected chi connectivity index (χ4v) is 2.82. The molecule has 0 aliphatic carbocycles. The first-order valence-electron chi connectivity index (χ1n) is 8.17. The van der Waals surface area contributed by atoms with E-state index in [1.54, 1.807) is 20.8 Å². The normalized spacial score (nSPS) is 15.6. The summed E-state index contributed by atoms with van der Waals surface area (Å²) in [5.41, 5.74) is 2.34. The van der Waals surface area contributed by atoms with Gasteiger partial charge in [0.2, 0.25) is 0 Å². The number of carboxylic acid groups (broad SMARTS) is 1. The van der Waals surface area contributed by atoms with Crippen LogP contribution in [-0.2, 0) is 27.5 Å². The Morgan fingerprint density at radius 1 is 1.38 bits per heavy atom. The monoisotopic (exact) mass is 335 g/mol. The molecule has 1 unspecified atom stereocenters. The third-order valence-corrected chi connectivity index (χ3v) is 3.94. The van der Waals surface area contributed by atoms with Crippen molar-refractivity contribution in [3.63, 3.8) is 0 Å². The van der Waals surface area contributed by atoms with E-state index in [1.165, 1.54) is 5.06 Å². The standard InChI is InChI=1S/C18H25NO5/c1-5-12(9-16(20)21)14-8-6-7-13-10-19(23-11-15(13)14)17(22)24-18(2,3)4/h6-8,12H,5,9-11H2,1-4H3,(H,20,21). The van der Waals surface area contributed by atoms with Gasteiger partial charge in [0.15, 0.2) is 0 Å². The van der Waals surface area contributed by atoms with E-state index in [4.69, 9.17) is 14.7 Å². The number of nitrogens with zero attached hydrogens (tertiary/aromatic N) is 1. The molecule has 6 nitrogen and oxygen atoms in total. The van der Waals surface area contributed by atoms with Gasteiger partial charge in [-0.05, 0) is 49.8 Å². The lowest BCUT2D eigenvalue weighted by molar-refractivity contribution is -0.171. The van der Waals surface area contributed by atoms with Crippen LogP contribution >= 0.6 is 0 Å².